The van der Waals surface area contributed by atoms with Crippen LogP contribution in [-0.4, -0.2) is 25.8 Å². The number of aryl methyl sites for hydroxylation is 1. The molecular formula is C18H21N3O2S. The van der Waals surface area contributed by atoms with Gasteiger partial charge in [0.2, 0.25) is 10.0 Å². The number of nitriles is 1. The van der Waals surface area contributed by atoms with Crippen LogP contribution in [0.4, 0.5) is 0 Å². The molecule has 5 nitrogen and oxygen atoms in total. The molecule has 0 bridgehead atoms. The van der Waals surface area contributed by atoms with Crippen LogP contribution in [0.2, 0.25) is 0 Å². The van der Waals surface area contributed by atoms with Crippen LogP contribution < -0.4 is 5.73 Å². The van der Waals surface area contributed by atoms with E-state index in [4.69, 9.17) is 11.0 Å². The second kappa shape index (κ2) is 8.06. The molecule has 126 valence electrons. The highest BCUT2D eigenvalue weighted by molar-refractivity contribution is 7.89. The summed E-state index contributed by atoms with van der Waals surface area (Å²) in [6.07, 6.45) is 0.572. The number of rotatable bonds is 7. The largest absolute Gasteiger partial charge is 0.330 e. The Morgan fingerprint density at radius 2 is 1.88 bits per heavy atom. The molecule has 24 heavy (non-hydrogen) atoms. The van der Waals surface area contributed by atoms with Gasteiger partial charge in [0.05, 0.1) is 16.5 Å². The van der Waals surface area contributed by atoms with E-state index >= 15 is 0 Å². The Hall–Kier alpha value is -2.20. The van der Waals surface area contributed by atoms with Crippen molar-refractivity contribution in [3.05, 3.63) is 65.2 Å². The molecule has 0 amide bonds. The van der Waals surface area contributed by atoms with Crippen LogP contribution >= 0.6 is 0 Å². The van der Waals surface area contributed by atoms with Crippen LogP contribution in [0.5, 0.6) is 0 Å². The summed E-state index contributed by atoms with van der Waals surface area (Å²) in [7, 11) is -3.71. The molecule has 0 aliphatic carbocycles. The Morgan fingerprint density at radius 3 is 2.50 bits per heavy atom. The minimum Gasteiger partial charge on any atom is -0.330 e. The molecule has 0 aliphatic heterocycles. The van der Waals surface area contributed by atoms with Crippen LogP contribution in [0.15, 0.2) is 53.4 Å². The molecule has 2 rings (SSSR count). The fourth-order valence-electron chi connectivity index (χ4n) is 2.43. The fourth-order valence-corrected chi connectivity index (χ4v) is 4.14. The molecule has 0 aliphatic rings. The van der Waals surface area contributed by atoms with Gasteiger partial charge in [-0.3, -0.25) is 0 Å². The summed E-state index contributed by atoms with van der Waals surface area (Å²) in [5.41, 5.74) is 7.43. The molecule has 0 saturated heterocycles. The first-order valence-electron chi connectivity index (χ1n) is 7.74. The molecule has 2 N–H and O–H groups in total. The van der Waals surface area contributed by atoms with E-state index in [0.29, 0.717) is 30.6 Å². The number of nitrogens with zero attached hydrogens (tertiary/aromatic N) is 2. The normalized spacial score (nSPS) is 11.4. The highest BCUT2D eigenvalue weighted by atomic mass is 32.2. The van der Waals surface area contributed by atoms with Crippen molar-refractivity contribution < 1.29 is 8.42 Å². The van der Waals surface area contributed by atoms with Crippen LogP contribution in [0, 0.1) is 18.3 Å². The lowest BCUT2D eigenvalue weighted by molar-refractivity contribution is 0.401. The van der Waals surface area contributed by atoms with Gasteiger partial charge in [-0.05, 0) is 43.1 Å². The molecular weight excluding hydrogens is 322 g/mol. The van der Waals surface area contributed by atoms with Crippen molar-refractivity contribution in [2.24, 2.45) is 5.73 Å². The van der Waals surface area contributed by atoms with Crippen molar-refractivity contribution in [2.45, 2.75) is 24.8 Å². The molecule has 0 saturated carbocycles. The van der Waals surface area contributed by atoms with Gasteiger partial charge in [-0.1, -0.05) is 36.4 Å². The highest BCUT2D eigenvalue weighted by Crippen LogP contribution is 2.23. The van der Waals surface area contributed by atoms with Gasteiger partial charge in [0.15, 0.2) is 0 Å². The van der Waals surface area contributed by atoms with Crippen LogP contribution in [-0.2, 0) is 16.6 Å². The van der Waals surface area contributed by atoms with E-state index < -0.39 is 10.0 Å². The molecule has 0 atom stereocenters. The lowest BCUT2D eigenvalue weighted by Crippen LogP contribution is -2.33. The molecule has 0 fully saturated rings. The SMILES string of the molecule is Cc1ccc(C#N)cc1S(=O)(=O)N(CCCN)Cc1ccccc1. The smallest absolute Gasteiger partial charge is 0.243 e. The Kier molecular flexibility index (Phi) is 6.10. The Morgan fingerprint density at radius 1 is 1.17 bits per heavy atom. The Labute approximate surface area is 143 Å². The maximum absolute atomic E-state index is 13.1. The topological polar surface area (TPSA) is 87.2 Å². The summed E-state index contributed by atoms with van der Waals surface area (Å²) >= 11 is 0. The predicted octanol–water partition coefficient (Wildman–Crippen LogP) is 2.41. The Bertz CT molecular complexity index is 827. The minimum atomic E-state index is -3.71. The van der Waals surface area contributed by atoms with Gasteiger partial charge in [0, 0.05) is 13.1 Å². The fraction of sp³-hybridized carbons (Fsp3) is 0.278. The van der Waals surface area contributed by atoms with E-state index in [9.17, 15) is 8.42 Å². The molecule has 0 radical (unpaired) electrons. The first-order valence-corrected chi connectivity index (χ1v) is 9.18. The van der Waals surface area contributed by atoms with E-state index in [2.05, 4.69) is 0 Å². The second-order valence-electron chi connectivity index (χ2n) is 5.56. The summed E-state index contributed by atoms with van der Waals surface area (Å²) in [5.74, 6) is 0. The van der Waals surface area contributed by atoms with Crippen LogP contribution in [0.25, 0.3) is 0 Å². The summed E-state index contributed by atoms with van der Waals surface area (Å²) < 4.78 is 27.6. The number of sulfonamides is 1. The van der Waals surface area contributed by atoms with Crippen LogP contribution in [0.1, 0.15) is 23.1 Å². The Balaban J connectivity index is 2.42. The minimum absolute atomic E-state index is 0.175. The standard InChI is InChI=1S/C18H21N3O2S/c1-15-8-9-17(13-20)12-18(15)24(22,23)21(11-5-10-19)14-16-6-3-2-4-7-16/h2-4,6-9,12H,5,10-11,14,19H2,1H3. The van der Waals surface area contributed by atoms with Gasteiger partial charge in [0.1, 0.15) is 0 Å². The molecule has 2 aromatic rings. The van der Waals surface area contributed by atoms with Gasteiger partial charge in [-0.15, -0.1) is 0 Å². The van der Waals surface area contributed by atoms with Crippen LogP contribution in [0.3, 0.4) is 0 Å². The van der Waals surface area contributed by atoms with Gasteiger partial charge < -0.3 is 5.73 Å². The first-order chi connectivity index (χ1) is 11.5. The quantitative estimate of drug-likeness (QED) is 0.836. The molecule has 0 heterocycles. The third-order valence-electron chi connectivity index (χ3n) is 3.75. The first kappa shape index (κ1) is 18.1. The molecule has 2 aromatic carbocycles. The molecule has 0 aromatic heterocycles. The third kappa shape index (κ3) is 4.20. The summed E-state index contributed by atoms with van der Waals surface area (Å²) in [6.45, 7) is 2.76. The van der Waals surface area contributed by atoms with Gasteiger partial charge >= 0.3 is 0 Å². The predicted molar refractivity (Wildman–Crippen MR) is 93.6 cm³/mol. The number of benzene rings is 2. The molecule has 0 unspecified atom stereocenters. The summed E-state index contributed by atoms with van der Waals surface area (Å²) in [4.78, 5) is 0.175. The van der Waals surface area contributed by atoms with E-state index in [1.807, 2.05) is 36.4 Å². The monoisotopic (exact) mass is 343 g/mol. The van der Waals surface area contributed by atoms with E-state index in [1.54, 1.807) is 19.1 Å². The average molecular weight is 343 g/mol. The van der Waals surface area contributed by atoms with Crippen molar-refractivity contribution in [3.8, 4) is 6.07 Å². The van der Waals surface area contributed by atoms with Gasteiger partial charge in [0.25, 0.3) is 0 Å². The number of hydrogen-bond donors (Lipinski definition) is 1. The maximum atomic E-state index is 13.1. The van der Waals surface area contributed by atoms with E-state index in [1.165, 1.54) is 10.4 Å². The van der Waals surface area contributed by atoms with Gasteiger partial charge in [-0.2, -0.15) is 9.57 Å². The third-order valence-corrected chi connectivity index (χ3v) is 5.74. The summed E-state index contributed by atoms with van der Waals surface area (Å²) in [6, 6.07) is 16.1. The zero-order valence-electron chi connectivity index (χ0n) is 13.6. The van der Waals surface area contributed by atoms with Crippen molar-refractivity contribution in [1.82, 2.24) is 4.31 Å². The molecule has 0 spiro atoms. The highest BCUT2D eigenvalue weighted by Gasteiger charge is 2.26. The van der Waals surface area contributed by atoms with E-state index in [-0.39, 0.29) is 11.4 Å². The maximum Gasteiger partial charge on any atom is 0.243 e. The number of nitrogens with two attached hydrogens (primary N) is 1. The van der Waals surface area contributed by atoms with Gasteiger partial charge in [-0.25, -0.2) is 8.42 Å². The zero-order chi connectivity index (χ0) is 17.6. The average Bonchev–Trinajstić information content (AvgIpc) is 2.59. The van der Waals surface area contributed by atoms with Crippen molar-refractivity contribution in [3.63, 3.8) is 0 Å². The molecule has 6 heteroatoms. The lowest BCUT2D eigenvalue weighted by atomic mass is 10.2. The lowest BCUT2D eigenvalue weighted by Gasteiger charge is -2.23. The van der Waals surface area contributed by atoms with Crippen molar-refractivity contribution in [1.29, 1.82) is 5.26 Å². The zero-order valence-corrected chi connectivity index (χ0v) is 14.5. The second-order valence-corrected chi connectivity index (χ2v) is 7.46. The summed E-state index contributed by atoms with van der Waals surface area (Å²) in [5, 5.41) is 9.06. The number of hydrogen-bond acceptors (Lipinski definition) is 4. The van der Waals surface area contributed by atoms with Crippen molar-refractivity contribution >= 4 is 10.0 Å². The van der Waals surface area contributed by atoms with Crippen molar-refractivity contribution in [2.75, 3.05) is 13.1 Å². The van der Waals surface area contributed by atoms with E-state index in [0.717, 1.165) is 5.56 Å².